The molecule has 6 heteroatoms. The molecule has 1 aliphatic rings. The number of nitrogens with one attached hydrogen (secondary N) is 1. The Morgan fingerprint density at radius 2 is 2.14 bits per heavy atom. The molecule has 1 aromatic carbocycles. The second kappa shape index (κ2) is 7.68. The van der Waals surface area contributed by atoms with E-state index >= 15 is 0 Å². The molecule has 2 unspecified atom stereocenters. The molecule has 0 saturated heterocycles. The van der Waals surface area contributed by atoms with Gasteiger partial charge in [0.25, 0.3) is 0 Å². The van der Waals surface area contributed by atoms with Crippen LogP contribution >= 0.6 is 0 Å². The average molecular weight is 305 g/mol. The first kappa shape index (κ1) is 16.1. The molecule has 2 rings (SSSR count). The molecule has 22 heavy (non-hydrogen) atoms. The van der Waals surface area contributed by atoms with Gasteiger partial charge in [-0.25, -0.2) is 0 Å². The monoisotopic (exact) mass is 305 g/mol. The van der Waals surface area contributed by atoms with Crippen molar-refractivity contribution in [2.45, 2.75) is 38.6 Å². The van der Waals surface area contributed by atoms with Crippen LogP contribution in [-0.2, 0) is 9.53 Å². The number of hydrogen-bond donors (Lipinski definition) is 3. The normalized spacial score (nSPS) is 21.6. The fourth-order valence-corrected chi connectivity index (χ4v) is 2.88. The number of ether oxygens (including phenoxy) is 1. The minimum atomic E-state index is -0.101. The molecule has 0 heterocycles. The number of carbonyl (C=O) groups is 1. The Morgan fingerprint density at radius 3 is 2.77 bits per heavy atom. The van der Waals surface area contributed by atoms with E-state index in [0.717, 1.165) is 24.9 Å². The molecule has 2 atom stereocenters. The standard InChI is InChI=1S/C16H23N3O3/c1-2-22-15(20)10-11-3-6-14(9-11)18-13-7-4-12(5-8-13)16(17)19-21/h4-5,7-8,11,14,18,21H,2-3,6,9-10H2,1H3,(H2,17,19). The lowest BCUT2D eigenvalue weighted by atomic mass is 10.0. The lowest BCUT2D eigenvalue weighted by Gasteiger charge is -2.15. The average Bonchev–Trinajstić information content (AvgIpc) is 2.94. The first-order valence-electron chi connectivity index (χ1n) is 7.62. The molecule has 120 valence electrons. The third-order valence-corrected chi connectivity index (χ3v) is 3.96. The Labute approximate surface area is 130 Å². The number of anilines is 1. The van der Waals surface area contributed by atoms with Gasteiger partial charge in [-0.3, -0.25) is 4.79 Å². The minimum Gasteiger partial charge on any atom is -0.466 e. The molecule has 0 aromatic heterocycles. The number of rotatable bonds is 6. The molecule has 4 N–H and O–H groups in total. The third kappa shape index (κ3) is 4.38. The van der Waals surface area contributed by atoms with Crippen molar-refractivity contribution in [1.29, 1.82) is 0 Å². The van der Waals surface area contributed by atoms with Gasteiger partial charge in [0.05, 0.1) is 6.61 Å². The van der Waals surface area contributed by atoms with Gasteiger partial charge in [-0.05, 0) is 56.4 Å². The van der Waals surface area contributed by atoms with E-state index in [9.17, 15) is 4.79 Å². The summed E-state index contributed by atoms with van der Waals surface area (Å²) in [5, 5.41) is 15.1. The van der Waals surface area contributed by atoms with Crippen molar-refractivity contribution in [3.05, 3.63) is 29.8 Å². The van der Waals surface area contributed by atoms with Crippen LogP contribution in [0.3, 0.4) is 0 Å². The van der Waals surface area contributed by atoms with E-state index in [4.69, 9.17) is 15.7 Å². The number of amidine groups is 1. The fraction of sp³-hybridized carbons (Fsp3) is 0.500. The second-order valence-corrected chi connectivity index (χ2v) is 5.59. The largest absolute Gasteiger partial charge is 0.466 e. The van der Waals surface area contributed by atoms with Crippen molar-refractivity contribution in [3.63, 3.8) is 0 Å². The summed E-state index contributed by atoms with van der Waals surface area (Å²) < 4.78 is 5.00. The number of nitrogens with zero attached hydrogens (tertiary/aromatic N) is 1. The summed E-state index contributed by atoms with van der Waals surface area (Å²) in [5.41, 5.74) is 7.21. The van der Waals surface area contributed by atoms with Crippen LogP contribution in [0.1, 0.15) is 38.2 Å². The predicted octanol–water partition coefficient (Wildman–Crippen LogP) is 2.31. The number of oxime groups is 1. The molecule has 0 radical (unpaired) electrons. The predicted molar refractivity (Wildman–Crippen MR) is 85.0 cm³/mol. The smallest absolute Gasteiger partial charge is 0.306 e. The minimum absolute atomic E-state index is 0.0990. The summed E-state index contributed by atoms with van der Waals surface area (Å²) in [6, 6.07) is 7.80. The molecule has 6 nitrogen and oxygen atoms in total. The van der Waals surface area contributed by atoms with Crippen LogP contribution in [0, 0.1) is 5.92 Å². The zero-order valence-electron chi connectivity index (χ0n) is 12.8. The summed E-state index contributed by atoms with van der Waals surface area (Å²) in [4.78, 5) is 11.5. The number of nitrogens with two attached hydrogens (primary N) is 1. The zero-order chi connectivity index (χ0) is 15.9. The van der Waals surface area contributed by atoms with Gasteiger partial charge in [0.1, 0.15) is 0 Å². The summed E-state index contributed by atoms with van der Waals surface area (Å²) in [6.45, 7) is 2.27. The first-order chi connectivity index (χ1) is 10.6. The molecule has 1 saturated carbocycles. The van der Waals surface area contributed by atoms with E-state index in [2.05, 4.69) is 10.5 Å². The lowest BCUT2D eigenvalue weighted by molar-refractivity contribution is -0.144. The maximum absolute atomic E-state index is 11.5. The topological polar surface area (TPSA) is 96.9 Å². The molecule has 0 bridgehead atoms. The Hall–Kier alpha value is -2.24. The SMILES string of the molecule is CCOC(=O)CC1CCC(Nc2ccc(C(N)=NO)cc2)C1. The van der Waals surface area contributed by atoms with Crippen LogP contribution in [0.5, 0.6) is 0 Å². The van der Waals surface area contributed by atoms with E-state index in [1.54, 1.807) is 0 Å². The van der Waals surface area contributed by atoms with Gasteiger partial charge in [0, 0.05) is 23.7 Å². The quantitative estimate of drug-likeness (QED) is 0.246. The van der Waals surface area contributed by atoms with E-state index < -0.39 is 0 Å². The van der Waals surface area contributed by atoms with Crippen molar-refractivity contribution in [1.82, 2.24) is 0 Å². The Bertz CT molecular complexity index is 528. The molecule has 1 aromatic rings. The fourth-order valence-electron chi connectivity index (χ4n) is 2.88. The summed E-state index contributed by atoms with van der Waals surface area (Å²) in [7, 11) is 0. The van der Waals surface area contributed by atoms with Crippen molar-refractivity contribution in [2.24, 2.45) is 16.8 Å². The number of benzene rings is 1. The van der Waals surface area contributed by atoms with Crippen LogP contribution in [0.2, 0.25) is 0 Å². The van der Waals surface area contributed by atoms with E-state index in [-0.39, 0.29) is 11.8 Å². The highest BCUT2D eigenvalue weighted by molar-refractivity contribution is 5.97. The molecule has 1 fully saturated rings. The maximum atomic E-state index is 11.5. The van der Waals surface area contributed by atoms with Gasteiger partial charge < -0.3 is 21.0 Å². The number of esters is 1. The van der Waals surface area contributed by atoms with Crippen molar-refractivity contribution < 1.29 is 14.7 Å². The summed E-state index contributed by atoms with van der Waals surface area (Å²) in [5.74, 6) is 0.395. The lowest BCUT2D eigenvalue weighted by Crippen LogP contribution is -2.17. The number of carbonyl (C=O) groups excluding carboxylic acids is 1. The van der Waals surface area contributed by atoms with Gasteiger partial charge in [-0.1, -0.05) is 5.16 Å². The van der Waals surface area contributed by atoms with Crippen LogP contribution in [0.15, 0.2) is 29.4 Å². The molecular weight excluding hydrogens is 282 g/mol. The molecule has 0 amide bonds. The highest BCUT2D eigenvalue weighted by atomic mass is 16.5. The Morgan fingerprint density at radius 1 is 1.41 bits per heavy atom. The Kier molecular flexibility index (Phi) is 5.63. The van der Waals surface area contributed by atoms with Gasteiger partial charge in [0.2, 0.25) is 0 Å². The second-order valence-electron chi connectivity index (χ2n) is 5.59. The van der Waals surface area contributed by atoms with Crippen LogP contribution in [0.4, 0.5) is 5.69 Å². The van der Waals surface area contributed by atoms with Crippen LogP contribution in [0.25, 0.3) is 0 Å². The van der Waals surface area contributed by atoms with E-state index in [0.29, 0.717) is 30.6 Å². The van der Waals surface area contributed by atoms with Crippen molar-refractivity contribution in [2.75, 3.05) is 11.9 Å². The van der Waals surface area contributed by atoms with Crippen molar-refractivity contribution in [3.8, 4) is 0 Å². The van der Waals surface area contributed by atoms with Gasteiger partial charge >= 0.3 is 5.97 Å². The van der Waals surface area contributed by atoms with Crippen molar-refractivity contribution >= 4 is 17.5 Å². The number of hydrogen-bond acceptors (Lipinski definition) is 5. The molecule has 1 aliphatic carbocycles. The van der Waals surface area contributed by atoms with Gasteiger partial charge in [0.15, 0.2) is 5.84 Å². The third-order valence-electron chi connectivity index (χ3n) is 3.96. The summed E-state index contributed by atoms with van der Waals surface area (Å²) >= 11 is 0. The molecule has 0 aliphatic heterocycles. The maximum Gasteiger partial charge on any atom is 0.306 e. The molecular formula is C16H23N3O3. The Balaban J connectivity index is 1.83. The van der Waals surface area contributed by atoms with Crippen LogP contribution in [-0.4, -0.2) is 29.7 Å². The van der Waals surface area contributed by atoms with Crippen LogP contribution < -0.4 is 11.1 Å². The highest BCUT2D eigenvalue weighted by Gasteiger charge is 2.26. The summed E-state index contributed by atoms with van der Waals surface area (Å²) in [6.07, 6.45) is 3.57. The zero-order valence-corrected chi connectivity index (χ0v) is 12.8. The van der Waals surface area contributed by atoms with E-state index in [1.807, 2.05) is 31.2 Å². The molecule has 0 spiro atoms. The highest BCUT2D eigenvalue weighted by Crippen LogP contribution is 2.30. The first-order valence-corrected chi connectivity index (χ1v) is 7.62. The van der Waals surface area contributed by atoms with Gasteiger partial charge in [-0.2, -0.15) is 0 Å². The van der Waals surface area contributed by atoms with E-state index in [1.165, 1.54) is 0 Å². The van der Waals surface area contributed by atoms with Gasteiger partial charge in [-0.15, -0.1) is 0 Å².